The molecule has 4 heteroatoms. The highest BCUT2D eigenvalue weighted by atomic mass is 16.5. The van der Waals surface area contributed by atoms with Crippen molar-refractivity contribution in [1.29, 1.82) is 0 Å². The predicted molar refractivity (Wildman–Crippen MR) is 62.7 cm³/mol. The number of rotatable bonds is 2. The molecular formula is C13H14N2O2. The highest BCUT2D eigenvalue weighted by Gasteiger charge is 2.31. The van der Waals surface area contributed by atoms with Crippen LogP contribution in [0.3, 0.4) is 0 Å². The molecule has 3 rings (SSSR count). The maximum absolute atomic E-state index is 10.3. The van der Waals surface area contributed by atoms with E-state index < -0.39 is 6.10 Å². The van der Waals surface area contributed by atoms with Gasteiger partial charge in [-0.2, -0.15) is 5.10 Å². The molecule has 0 bridgehead atoms. The molecule has 2 aromatic rings. The molecule has 1 aromatic heterocycles. The average molecular weight is 230 g/mol. The lowest BCUT2D eigenvalue weighted by Gasteiger charge is -2.18. The van der Waals surface area contributed by atoms with Crippen LogP contribution in [0.15, 0.2) is 36.5 Å². The molecule has 4 nitrogen and oxygen atoms in total. The first-order valence-corrected chi connectivity index (χ1v) is 5.66. The lowest BCUT2D eigenvalue weighted by Crippen LogP contribution is -2.24. The highest BCUT2D eigenvalue weighted by Crippen LogP contribution is 2.33. The van der Waals surface area contributed by atoms with Crippen molar-refractivity contribution in [2.24, 2.45) is 7.05 Å². The van der Waals surface area contributed by atoms with Gasteiger partial charge in [0.2, 0.25) is 0 Å². The summed E-state index contributed by atoms with van der Waals surface area (Å²) >= 11 is 0. The first-order chi connectivity index (χ1) is 8.25. The number of aryl methyl sites for hydroxylation is 1. The monoisotopic (exact) mass is 230 g/mol. The van der Waals surface area contributed by atoms with Crippen LogP contribution in [0.2, 0.25) is 0 Å². The quantitative estimate of drug-likeness (QED) is 0.849. The summed E-state index contributed by atoms with van der Waals surface area (Å²) in [7, 11) is 1.82. The Hall–Kier alpha value is -1.81. The molecule has 0 saturated carbocycles. The summed E-state index contributed by atoms with van der Waals surface area (Å²) in [6.45, 7) is 0. The third kappa shape index (κ3) is 1.70. The van der Waals surface area contributed by atoms with E-state index in [1.807, 2.05) is 37.4 Å². The molecule has 1 aromatic carbocycles. The van der Waals surface area contributed by atoms with Crippen LogP contribution in [0.5, 0.6) is 5.75 Å². The Kier molecular flexibility index (Phi) is 2.37. The first-order valence-electron chi connectivity index (χ1n) is 5.66. The van der Waals surface area contributed by atoms with E-state index in [9.17, 15) is 5.11 Å². The van der Waals surface area contributed by atoms with Crippen LogP contribution < -0.4 is 4.74 Å². The molecule has 0 aliphatic carbocycles. The van der Waals surface area contributed by atoms with Gasteiger partial charge in [-0.15, -0.1) is 0 Å². The molecular weight excluding hydrogens is 216 g/mol. The van der Waals surface area contributed by atoms with Gasteiger partial charge in [0.25, 0.3) is 0 Å². The highest BCUT2D eigenvalue weighted by molar-refractivity contribution is 5.37. The zero-order chi connectivity index (χ0) is 11.8. The van der Waals surface area contributed by atoms with Crippen molar-refractivity contribution in [2.75, 3.05) is 0 Å². The fraction of sp³-hybridized carbons (Fsp3) is 0.308. The zero-order valence-electron chi connectivity index (χ0n) is 9.58. The van der Waals surface area contributed by atoms with Gasteiger partial charge in [-0.1, -0.05) is 18.2 Å². The van der Waals surface area contributed by atoms with Gasteiger partial charge >= 0.3 is 0 Å². The number of aliphatic hydroxyl groups excluding tert-OH is 1. The van der Waals surface area contributed by atoms with Crippen molar-refractivity contribution >= 4 is 0 Å². The Bertz CT molecular complexity index is 511. The molecule has 0 radical (unpaired) electrons. The van der Waals surface area contributed by atoms with E-state index >= 15 is 0 Å². The van der Waals surface area contributed by atoms with Crippen LogP contribution in [0.25, 0.3) is 0 Å². The number of aliphatic hydroxyl groups is 1. The third-order valence-corrected chi connectivity index (χ3v) is 3.19. The number of aromatic nitrogens is 2. The Labute approximate surface area is 99.5 Å². The molecule has 1 N–H and O–H groups in total. The second-order valence-corrected chi connectivity index (χ2v) is 4.29. The smallest absolute Gasteiger partial charge is 0.134 e. The van der Waals surface area contributed by atoms with Crippen molar-refractivity contribution < 1.29 is 9.84 Å². The maximum Gasteiger partial charge on any atom is 0.134 e. The van der Waals surface area contributed by atoms with E-state index in [2.05, 4.69) is 5.10 Å². The van der Waals surface area contributed by atoms with Crippen LogP contribution >= 0.6 is 0 Å². The first kappa shape index (κ1) is 10.4. The van der Waals surface area contributed by atoms with Gasteiger partial charge in [-0.25, -0.2) is 0 Å². The molecule has 17 heavy (non-hydrogen) atoms. The molecule has 0 amide bonds. The Morgan fingerprint density at radius 1 is 1.41 bits per heavy atom. The fourth-order valence-corrected chi connectivity index (χ4v) is 2.25. The topological polar surface area (TPSA) is 47.3 Å². The number of fused-ring (bicyclic) bond motifs is 1. The van der Waals surface area contributed by atoms with Crippen LogP contribution in [0, 0.1) is 0 Å². The molecule has 1 aliphatic heterocycles. The Morgan fingerprint density at radius 3 is 2.94 bits per heavy atom. The van der Waals surface area contributed by atoms with E-state index in [1.165, 1.54) is 0 Å². The van der Waals surface area contributed by atoms with Gasteiger partial charge in [0.1, 0.15) is 18.0 Å². The molecule has 0 fully saturated rings. The van der Waals surface area contributed by atoms with E-state index in [-0.39, 0.29) is 6.10 Å². The van der Waals surface area contributed by atoms with Gasteiger partial charge < -0.3 is 9.84 Å². The Morgan fingerprint density at radius 2 is 2.24 bits per heavy atom. The summed E-state index contributed by atoms with van der Waals surface area (Å²) in [5.41, 5.74) is 1.93. The van der Waals surface area contributed by atoms with Crippen LogP contribution in [-0.4, -0.2) is 21.0 Å². The standard InChI is InChI=1S/C13H14N2O2/c1-15-10(6-7-14-15)13(16)12-8-9-4-2-3-5-11(9)17-12/h2-7,12-13,16H,8H2,1H3. The minimum atomic E-state index is -0.644. The fourth-order valence-electron chi connectivity index (χ4n) is 2.25. The van der Waals surface area contributed by atoms with Crippen LogP contribution in [-0.2, 0) is 13.5 Å². The number of nitrogens with zero attached hydrogens (tertiary/aromatic N) is 2. The van der Waals surface area contributed by atoms with Crippen molar-refractivity contribution in [3.05, 3.63) is 47.8 Å². The van der Waals surface area contributed by atoms with Crippen molar-refractivity contribution in [1.82, 2.24) is 9.78 Å². The molecule has 2 unspecified atom stereocenters. The van der Waals surface area contributed by atoms with Crippen LogP contribution in [0.1, 0.15) is 17.4 Å². The number of hydrogen-bond donors (Lipinski definition) is 1. The Balaban J connectivity index is 1.83. The predicted octanol–water partition coefficient (Wildman–Crippen LogP) is 1.46. The summed E-state index contributed by atoms with van der Waals surface area (Å²) in [5.74, 6) is 0.874. The summed E-state index contributed by atoms with van der Waals surface area (Å²) in [5, 5.41) is 14.3. The summed E-state index contributed by atoms with van der Waals surface area (Å²) in [6, 6.07) is 9.71. The van der Waals surface area contributed by atoms with E-state index in [4.69, 9.17) is 4.74 Å². The number of ether oxygens (including phenoxy) is 1. The van der Waals surface area contributed by atoms with Crippen molar-refractivity contribution in [3.63, 3.8) is 0 Å². The third-order valence-electron chi connectivity index (χ3n) is 3.19. The summed E-state index contributed by atoms with van der Waals surface area (Å²) < 4.78 is 7.43. The maximum atomic E-state index is 10.3. The zero-order valence-corrected chi connectivity index (χ0v) is 9.58. The minimum absolute atomic E-state index is 0.220. The minimum Gasteiger partial charge on any atom is -0.487 e. The lowest BCUT2D eigenvalue weighted by atomic mass is 10.0. The average Bonchev–Trinajstić information content (AvgIpc) is 2.93. The van der Waals surface area contributed by atoms with Crippen molar-refractivity contribution in [2.45, 2.75) is 18.6 Å². The second-order valence-electron chi connectivity index (χ2n) is 4.29. The van der Waals surface area contributed by atoms with Gasteiger partial charge in [-0.3, -0.25) is 4.68 Å². The number of benzene rings is 1. The second kappa shape index (κ2) is 3.89. The largest absolute Gasteiger partial charge is 0.487 e. The number of para-hydroxylation sites is 1. The van der Waals surface area contributed by atoms with Crippen LogP contribution in [0.4, 0.5) is 0 Å². The van der Waals surface area contributed by atoms with Crippen molar-refractivity contribution in [3.8, 4) is 5.75 Å². The number of hydrogen-bond acceptors (Lipinski definition) is 3. The molecule has 1 aliphatic rings. The molecule has 2 atom stereocenters. The van der Waals surface area contributed by atoms with E-state index in [0.717, 1.165) is 23.4 Å². The molecule has 0 saturated heterocycles. The van der Waals surface area contributed by atoms with E-state index in [0.29, 0.717) is 0 Å². The summed E-state index contributed by atoms with van der Waals surface area (Å²) in [4.78, 5) is 0. The lowest BCUT2D eigenvalue weighted by molar-refractivity contribution is 0.0436. The van der Waals surface area contributed by atoms with Gasteiger partial charge in [0, 0.05) is 19.7 Å². The van der Waals surface area contributed by atoms with Gasteiger partial charge in [-0.05, 0) is 17.7 Å². The molecule has 88 valence electrons. The van der Waals surface area contributed by atoms with Gasteiger partial charge in [0.15, 0.2) is 0 Å². The SMILES string of the molecule is Cn1nccc1C(O)C1Cc2ccccc2O1. The molecule has 0 spiro atoms. The van der Waals surface area contributed by atoms with E-state index in [1.54, 1.807) is 10.9 Å². The normalized spacial score (nSPS) is 19.8. The summed E-state index contributed by atoms with van der Waals surface area (Å²) in [6.07, 6.45) is 1.56. The molecule has 2 heterocycles. The van der Waals surface area contributed by atoms with Gasteiger partial charge in [0.05, 0.1) is 5.69 Å².